The molecule has 0 spiro atoms. The molecule has 27 heavy (non-hydrogen) atoms. The first kappa shape index (κ1) is 17.0. The molecule has 138 valence electrons. The zero-order chi connectivity index (χ0) is 18.8. The van der Waals surface area contributed by atoms with E-state index >= 15 is 0 Å². The van der Waals surface area contributed by atoms with E-state index in [-0.39, 0.29) is 17.6 Å². The Labute approximate surface area is 155 Å². The summed E-state index contributed by atoms with van der Waals surface area (Å²) in [7, 11) is 0. The monoisotopic (exact) mass is 365 g/mol. The van der Waals surface area contributed by atoms with Crippen molar-refractivity contribution in [2.45, 2.75) is 6.92 Å². The summed E-state index contributed by atoms with van der Waals surface area (Å²) in [6.07, 6.45) is 1.62. The van der Waals surface area contributed by atoms with E-state index in [1.807, 2.05) is 35.2 Å². The predicted octanol–water partition coefficient (Wildman–Crippen LogP) is 1.44. The van der Waals surface area contributed by atoms with Crippen LogP contribution in [0.3, 0.4) is 0 Å². The molecule has 1 fully saturated rings. The molecule has 0 aliphatic carbocycles. The number of piperazine rings is 1. The van der Waals surface area contributed by atoms with Gasteiger partial charge in [0.25, 0.3) is 5.89 Å². The Balaban J connectivity index is 1.59. The zero-order valence-corrected chi connectivity index (χ0v) is 14.9. The van der Waals surface area contributed by atoms with Gasteiger partial charge in [-0.15, -0.1) is 10.2 Å². The van der Waals surface area contributed by atoms with Crippen LogP contribution in [0.4, 0.5) is 11.6 Å². The molecule has 3 aromatic rings. The van der Waals surface area contributed by atoms with Crippen molar-refractivity contribution in [1.82, 2.24) is 25.1 Å². The molecule has 0 unspecified atom stereocenters. The lowest BCUT2D eigenvalue weighted by atomic mass is 10.2. The van der Waals surface area contributed by atoms with Crippen molar-refractivity contribution in [2.24, 2.45) is 0 Å². The number of anilines is 2. The van der Waals surface area contributed by atoms with Crippen molar-refractivity contribution < 1.29 is 9.21 Å². The van der Waals surface area contributed by atoms with Gasteiger partial charge in [0.1, 0.15) is 5.82 Å². The van der Waals surface area contributed by atoms with Gasteiger partial charge in [-0.3, -0.25) is 4.79 Å². The van der Waals surface area contributed by atoms with Gasteiger partial charge in [-0.05, 0) is 12.1 Å². The number of nitrogens with zero attached hydrogens (tertiary/aromatic N) is 6. The van der Waals surface area contributed by atoms with Crippen LogP contribution < -0.4 is 10.6 Å². The lowest BCUT2D eigenvalue weighted by molar-refractivity contribution is -0.129. The van der Waals surface area contributed by atoms with E-state index < -0.39 is 0 Å². The Bertz CT molecular complexity index is 949. The van der Waals surface area contributed by atoms with Crippen LogP contribution in [0.15, 0.2) is 40.9 Å². The first-order valence-corrected chi connectivity index (χ1v) is 8.64. The maximum absolute atomic E-state index is 11.5. The second-order valence-electron chi connectivity index (χ2n) is 6.23. The summed E-state index contributed by atoms with van der Waals surface area (Å²) in [4.78, 5) is 24.2. The molecule has 0 saturated carbocycles. The average Bonchev–Trinajstić information content (AvgIpc) is 3.19. The molecule has 2 N–H and O–H groups in total. The second kappa shape index (κ2) is 7.02. The maximum Gasteiger partial charge on any atom is 0.270 e. The number of carbonyl (C=O) groups is 1. The molecule has 1 saturated heterocycles. The van der Waals surface area contributed by atoms with Crippen LogP contribution >= 0.6 is 0 Å². The average molecular weight is 365 g/mol. The van der Waals surface area contributed by atoms with Gasteiger partial charge in [0.15, 0.2) is 11.5 Å². The van der Waals surface area contributed by atoms with Crippen molar-refractivity contribution >= 4 is 17.5 Å². The number of amides is 1. The van der Waals surface area contributed by atoms with E-state index in [1.54, 1.807) is 13.1 Å². The third kappa shape index (κ3) is 3.43. The van der Waals surface area contributed by atoms with Crippen LogP contribution in [0.5, 0.6) is 0 Å². The molecule has 0 bridgehead atoms. The van der Waals surface area contributed by atoms with Crippen LogP contribution in [0.1, 0.15) is 6.92 Å². The molecule has 1 aromatic carbocycles. The first-order chi connectivity index (χ1) is 13.1. The second-order valence-corrected chi connectivity index (χ2v) is 6.23. The molecule has 0 atom stereocenters. The minimum Gasteiger partial charge on any atom is -0.414 e. The van der Waals surface area contributed by atoms with E-state index in [4.69, 9.17) is 10.2 Å². The smallest absolute Gasteiger partial charge is 0.270 e. The summed E-state index contributed by atoms with van der Waals surface area (Å²) in [6.45, 7) is 4.23. The first-order valence-electron chi connectivity index (χ1n) is 8.64. The summed E-state index contributed by atoms with van der Waals surface area (Å²) in [5, 5.41) is 8.15. The Morgan fingerprint density at radius 2 is 1.78 bits per heavy atom. The topological polar surface area (TPSA) is 114 Å². The fourth-order valence-corrected chi connectivity index (χ4v) is 2.97. The van der Waals surface area contributed by atoms with E-state index in [0.717, 1.165) is 5.56 Å². The summed E-state index contributed by atoms with van der Waals surface area (Å²) in [6, 6.07) is 9.48. The highest BCUT2D eigenvalue weighted by Crippen LogP contribution is 2.27. The summed E-state index contributed by atoms with van der Waals surface area (Å²) < 4.78 is 5.75. The molecular weight excluding hydrogens is 346 g/mol. The summed E-state index contributed by atoms with van der Waals surface area (Å²) >= 11 is 0. The number of benzene rings is 1. The fraction of sp³-hybridized carbons (Fsp3) is 0.278. The van der Waals surface area contributed by atoms with Crippen molar-refractivity contribution in [3.63, 3.8) is 0 Å². The minimum absolute atomic E-state index is 0.0815. The van der Waals surface area contributed by atoms with Crippen LogP contribution in [0.25, 0.3) is 23.0 Å². The van der Waals surface area contributed by atoms with Gasteiger partial charge in [0, 0.05) is 38.7 Å². The lowest BCUT2D eigenvalue weighted by Gasteiger charge is -2.34. The largest absolute Gasteiger partial charge is 0.414 e. The number of hydrogen-bond acceptors (Lipinski definition) is 8. The quantitative estimate of drug-likeness (QED) is 0.742. The molecule has 1 amide bonds. The van der Waals surface area contributed by atoms with E-state index in [1.165, 1.54) is 0 Å². The Kier molecular flexibility index (Phi) is 4.41. The highest BCUT2D eigenvalue weighted by molar-refractivity contribution is 5.73. The SMILES string of the molecule is CC(=O)N1CCN(c2cnc(N)c(-c3nnc(-c4ccccc4)o3)n2)CC1. The van der Waals surface area contributed by atoms with Crippen molar-refractivity contribution in [2.75, 3.05) is 36.8 Å². The van der Waals surface area contributed by atoms with Crippen LogP contribution in [-0.4, -0.2) is 57.2 Å². The van der Waals surface area contributed by atoms with Gasteiger partial charge in [-0.25, -0.2) is 9.97 Å². The normalized spacial score (nSPS) is 14.4. The third-order valence-electron chi connectivity index (χ3n) is 4.49. The zero-order valence-electron chi connectivity index (χ0n) is 14.9. The number of aromatic nitrogens is 4. The van der Waals surface area contributed by atoms with Crippen LogP contribution in [-0.2, 0) is 4.79 Å². The maximum atomic E-state index is 11.5. The number of nitrogens with two attached hydrogens (primary N) is 1. The number of rotatable bonds is 3. The van der Waals surface area contributed by atoms with Gasteiger partial charge in [-0.2, -0.15) is 0 Å². The van der Waals surface area contributed by atoms with Gasteiger partial charge >= 0.3 is 0 Å². The van der Waals surface area contributed by atoms with E-state index in [9.17, 15) is 4.79 Å². The minimum atomic E-state index is 0.0815. The van der Waals surface area contributed by atoms with Crippen molar-refractivity contribution in [1.29, 1.82) is 0 Å². The van der Waals surface area contributed by atoms with Gasteiger partial charge in [0.05, 0.1) is 6.20 Å². The van der Waals surface area contributed by atoms with Crippen molar-refractivity contribution in [3.8, 4) is 23.0 Å². The highest BCUT2D eigenvalue weighted by Gasteiger charge is 2.22. The third-order valence-corrected chi connectivity index (χ3v) is 4.49. The molecule has 1 aliphatic heterocycles. The van der Waals surface area contributed by atoms with Crippen LogP contribution in [0, 0.1) is 0 Å². The van der Waals surface area contributed by atoms with Gasteiger partial charge < -0.3 is 20.0 Å². The molecule has 0 radical (unpaired) electrons. The summed E-state index contributed by atoms with van der Waals surface area (Å²) in [5.74, 6) is 1.60. The van der Waals surface area contributed by atoms with Gasteiger partial charge in [-0.1, -0.05) is 18.2 Å². The molecule has 4 rings (SSSR count). The highest BCUT2D eigenvalue weighted by atomic mass is 16.4. The fourth-order valence-electron chi connectivity index (χ4n) is 2.97. The molecule has 9 nitrogen and oxygen atoms in total. The molecule has 9 heteroatoms. The molecule has 2 aromatic heterocycles. The molecular formula is C18H19N7O2. The number of carbonyl (C=O) groups excluding carboxylic acids is 1. The Morgan fingerprint density at radius 1 is 1.07 bits per heavy atom. The van der Waals surface area contributed by atoms with Crippen molar-refractivity contribution in [3.05, 3.63) is 36.5 Å². The number of nitrogen functional groups attached to an aromatic ring is 1. The standard InChI is InChI=1S/C18H19N7O2/c1-12(26)24-7-9-25(10-8-24)14-11-20-16(19)15(21-14)18-23-22-17(27-18)13-5-3-2-4-6-13/h2-6,11H,7-10H2,1H3,(H2,19,20). The Hall–Kier alpha value is -3.49. The van der Waals surface area contributed by atoms with E-state index in [0.29, 0.717) is 43.6 Å². The summed E-state index contributed by atoms with van der Waals surface area (Å²) in [5.41, 5.74) is 7.16. The molecule has 1 aliphatic rings. The van der Waals surface area contributed by atoms with E-state index in [2.05, 4.69) is 25.1 Å². The lowest BCUT2D eigenvalue weighted by Crippen LogP contribution is -2.48. The van der Waals surface area contributed by atoms with Crippen LogP contribution in [0.2, 0.25) is 0 Å². The number of hydrogen-bond donors (Lipinski definition) is 1. The van der Waals surface area contributed by atoms with Gasteiger partial charge in [0.2, 0.25) is 11.8 Å². The predicted molar refractivity (Wildman–Crippen MR) is 99.6 cm³/mol. The molecule has 3 heterocycles. The Morgan fingerprint density at radius 3 is 2.48 bits per heavy atom.